The van der Waals surface area contributed by atoms with E-state index in [9.17, 15) is 0 Å². The van der Waals surface area contributed by atoms with Crippen LogP contribution in [0.2, 0.25) is 0 Å². The molecule has 2 aromatic rings. The van der Waals surface area contributed by atoms with Gasteiger partial charge in [-0.25, -0.2) is 15.8 Å². The number of hydrazine groups is 1. The summed E-state index contributed by atoms with van der Waals surface area (Å²) >= 11 is 0. The van der Waals surface area contributed by atoms with Gasteiger partial charge in [0.05, 0.1) is 24.1 Å². The van der Waals surface area contributed by atoms with E-state index in [4.69, 9.17) is 5.84 Å². The van der Waals surface area contributed by atoms with Crippen LogP contribution < -0.4 is 16.6 Å². The van der Waals surface area contributed by atoms with Crippen LogP contribution in [-0.2, 0) is 13.0 Å². The third-order valence-corrected chi connectivity index (χ3v) is 2.52. The smallest absolute Gasteiger partial charge is 0.145 e. The minimum atomic E-state index is 0.553. The molecule has 100 valence electrons. The molecule has 0 atom stereocenters. The fourth-order valence-electron chi connectivity index (χ4n) is 1.51. The Morgan fingerprint density at radius 1 is 1.16 bits per heavy atom. The van der Waals surface area contributed by atoms with Gasteiger partial charge in [0.1, 0.15) is 17.5 Å². The highest BCUT2D eigenvalue weighted by Crippen LogP contribution is 2.11. The summed E-state index contributed by atoms with van der Waals surface area (Å²) < 4.78 is 0. The lowest BCUT2D eigenvalue weighted by Crippen LogP contribution is -2.12. The molecule has 0 bridgehead atoms. The average Bonchev–Trinajstić information content (AvgIpc) is 2.46. The van der Waals surface area contributed by atoms with Gasteiger partial charge in [-0.15, -0.1) is 0 Å². The molecule has 19 heavy (non-hydrogen) atoms. The fourth-order valence-corrected chi connectivity index (χ4v) is 1.51. The van der Waals surface area contributed by atoms with Gasteiger partial charge in [0.2, 0.25) is 0 Å². The van der Waals surface area contributed by atoms with Crippen molar-refractivity contribution in [1.82, 2.24) is 19.9 Å². The van der Waals surface area contributed by atoms with Crippen molar-refractivity contribution < 1.29 is 0 Å². The molecule has 0 fully saturated rings. The highest BCUT2D eigenvalue weighted by atomic mass is 15.3. The topological polar surface area (TPSA) is 102 Å². The molecule has 0 radical (unpaired) electrons. The monoisotopic (exact) mass is 259 g/mol. The van der Waals surface area contributed by atoms with Crippen molar-refractivity contribution in [3.05, 3.63) is 35.7 Å². The highest BCUT2D eigenvalue weighted by molar-refractivity contribution is 5.46. The molecule has 0 saturated heterocycles. The summed E-state index contributed by atoms with van der Waals surface area (Å²) in [5, 5.41) is 3.18. The van der Waals surface area contributed by atoms with E-state index in [1.54, 1.807) is 18.5 Å². The number of aryl methyl sites for hydroxylation is 2. The molecule has 0 aliphatic carbocycles. The maximum absolute atomic E-state index is 5.38. The number of nitrogens with zero attached hydrogens (tertiary/aromatic N) is 4. The van der Waals surface area contributed by atoms with Gasteiger partial charge in [0, 0.05) is 18.7 Å². The number of aromatic nitrogens is 4. The SMILES string of the molecule is CCc1nc(NN)cc(NCc2cnc(C)cn2)n1. The van der Waals surface area contributed by atoms with Crippen LogP contribution in [0, 0.1) is 6.92 Å². The van der Waals surface area contributed by atoms with Crippen LogP contribution in [0.25, 0.3) is 0 Å². The average molecular weight is 259 g/mol. The van der Waals surface area contributed by atoms with Crippen molar-refractivity contribution in [2.45, 2.75) is 26.8 Å². The van der Waals surface area contributed by atoms with Gasteiger partial charge in [-0.05, 0) is 6.92 Å². The van der Waals surface area contributed by atoms with Crippen LogP contribution in [0.5, 0.6) is 0 Å². The summed E-state index contributed by atoms with van der Waals surface area (Å²) in [4.78, 5) is 17.0. The second-order valence-corrected chi connectivity index (χ2v) is 4.06. The highest BCUT2D eigenvalue weighted by Gasteiger charge is 2.03. The van der Waals surface area contributed by atoms with Gasteiger partial charge in [0.15, 0.2) is 0 Å². The van der Waals surface area contributed by atoms with Crippen molar-refractivity contribution >= 4 is 11.6 Å². The second kappa shape index (κ2) is 6.05. The third-order valence-electron chi connectivity index (χ3n) is 2.52. The Hall–Kier alpha value is -2.28. The molecule has 4 N–H and O–H groups in total. The lowest BCUT2D eigenvalue weighted by Gasteiger charge is -2.08. The van der Waals surface area contributed by atoms with Crippen LogP contribution in [0.4, 0.5) is 11.6 Å². The number of hydrogen-bond donors (Lipinski definition) is 3. The van der Waals surface area contributed by atoms with E-state index >= 15 is 0 Å². The van der Waals surface area contributed by atoms with E-state index in [-0.39, 0.29) is 0 Å². The number of hydrogen-bond acceptors (Lipinski definition) is 7. The maximum Gasteiger partial charge on any atom is 0.145 e. The lowest BCUT2D eigenvalue weighted by molar-refractivity contribution is 0.921. The Morgan fingerprint density at radius 2 is 1.95 bits per heavy atom. The van der Waals surface area contributed by atoms with E-state index < -0.39 is 0 Å². The molecule has 7 nitrogen and oxygen atoms in total. The van der Waals surface area contributed by atoms with Crippen LogP contribution in [0.3, 0.4) is 0 Å². The number of nitrogens with one attached hydrogen (secondary N) is 2. The first-order valence-electron chi connectivity index (χ1n) is 6.07. The molecule has 2 rings (SSSR count). The van der Waals surface area contributed by atoms with Crippen LogP contribution in [0.15, 0.2) is 18.5 Å². The zero-order valence-corrected chi connectivity index (χ0v) is 11.0. The van der Waals surface area contributed by atoms with Crippen LogP contribution in [0.1, 0.15) is 24.1 Å². The Kier molecular flexibility index (Phi) is 4.19. The second-order valence-electron chi connectivity index (χ2n) is 4.06. The molecule has 0 spiro atoms. The number of nitrogens with two attached hydrogens (primary N) is 1. The van der Waals surface area contributed by atoms with Gasteiger partial charge in [-0.1, -0.05) is 6.92 Å². The molecule has 0 amide bonds. The number of anilines is 2. The summed E-state index contributed by atoms with van der Waals surface area (Å²) in [5.74, 6) is 7.40. The van der Waals surface area contributed by atoms with E-state index in [1.165, 1.54) is 0 Å². The molecule has 0 unspecified atom stereocenters. The Balaban J connectivity index is 2.08. The summed E-state index contributed by atoms with van der Waals surface area (Å²) in [6, 6.07) is 1.75. The van der Waals surface area contributed by atoms with Crippen LogP contribution in [-0.4, -0.2) is 19.9 Å². The molecular weight excluding hydrogens is 242 g/mol. The predicted octanol–water partition coefficient (Wildman–Crippen LogP) is 1.04. The molecule has 7 heteroatoms. The van der Waals surface area contributed by atoms with E-state index in [0.717, 1.165) is 23.6 Å². The molecule has 0 aliphatic rings. The first kappa shape index (κ1) is 13.2. The molecule has 0 saturated carbocycles. The lowest BCUT2D eigenvalue weighted by atomic mass is 10.4. The van der Waals surface area contributed by atoms with Crippen molar-refractivity contribution in [3.8, 4) is 0 Å². The first-order chi connectivity index (χ1) is 9.21. The van der Waals surface area contributed by atoms with Crippen molar-refractivity contribution in [1.29, 1.82) is 0 Å². The Labute approximate surface area is 111 Å². The van der Waals surface area contributed by atoms with Crippen LogP contribution >= 0.6 is 0 Å². The van der Waals surface area contributed by atoms with Gasteiger partial charge >= 0.3 is 0 Å². The zero-order chi connectivity index (χ0) is 13.7. The molecule has 2 aromatic heterocycles. The summed E-state index contributed by atoms with van der Waals surface area (Å²) in [6.07, 6.45) is 4.22. The quantitative estimate of drug-likeness (QED) is 0.544. The number of rotatable bonds is 5. The Morgan fingerprint density at radius 3 is 2.58 bits per heavy atom. The number of nitrogen functional groups attached to an aromatic ring is 1. The molecule has 2 heterocycles. The summed E-state index contributed by atoms with van der Waals surface area (Å²) in [5.41, 5.74) is 4.28. The van der Waals surface area contributed by atoms with Gasteiger partial charge in [-0.2, -0.15) is 0 Å². The first-order valence-corrected chi connectivity index (χ1v) is 6.07. The molecule has 0 aliphatic heterocycles. The standard InChI is InChI=1S/C12H17N7/c1-3-10-17-11(4-12(18-10)19-13)16-7-9-6-14-8(2)5-15-9/h4-6H,3,7,13H2,1-2H3,(H2,16,17,18,19). The molecule has 0 aromatic carbocycles. The normalized spacial score (nSPS) is 10.3. The maximum atomic E-state index is 5.38. The zero-order valence-electron chi connectivity index (χ0n) is 11.0. The van der Waals surface area contributed by atoms with E-state index in [2.05, 4.69) is 30.7 Å². The summed E-state index contributed by atoms with van der Waals surface area (Å²) in [7, 11) is 0. The predicted molar refractivity (Wildman–Crippen MR) is 73.3 cm³/mol. The van der Waals surface area contributed by atoms with Gasteiger partial charge in [0.25, 0.3) is 0 Å². The van der Waals surface area contributed by atoms with Crippen molar-refractivity contribution in [3.63, 3.8) is 0 Å². The van der Waals surface area contributed by atoms with E-state index in [0.29, 0.717) is 18.2 Å². The van der Waals surface area contributed by atoms with E-state index in [1.807, 2.05) is 13.8 Å². The molecular formula is C12H17N7. The largest absolute Gasteiger partial charge is 0.364 e. The Bertz CT molecular complexity index is 516. The van der Waals surface area contributed by atoms with Gasteiger partial charge in [-0.3, -0.25) is 9.97 Å². The van der Waals surface area contributed by atoms with Crippen molar-refractivity contribution in [2.75, 3.05) is 10.7 Å². The third kappa shape index (κ3) is 3.59. The fraction of sp³-hybridized carbons (Fsp3) is 0.333. The minimum absolute atomic E-state index is 0.553. The van der Waals surface area contributed by atoms with Crippen molar-refractivity contribution in [2.24, 2.45) is 5.84 Å². The van der Waals surface area contributed by atoms with Gasteiger partial charge < -0.3 is 10.7 Å². The minimum Gasteiger partial charge on any atom is -0.364 e. The summed E-state index contributed by atoms with van der Waals surface area (Å²) in [6.45, 7) is 4.45.